The van der Waals surface area contributed by atoms with E-state index in [0.717, 1.165) is 12.8 Å². The highest BCUT2D eigenvalue weighted by Crippen LogP contribution is 2.73. The van der Waals surface area contributed by atoms with Crippen LogP contribution in [0.4, 0.5) is 0 Å². The molecule has 228 valence electrons. The van der Waals surface area contributed by atoms with E-state index in [9.17, 15) is 24.9 Å². The van der Waals surface area contributed by atoms with Crippen molar-refractivity contribution in [3.8, 4) is 0 Å². The van der Waals surface area contributed by atoms with Crippen molar-refractivity contribution in [1.82, 2.24) is 0 Å². The molecule has 10 heteroatoms. The minimum atomic E-state index is -2.39. The molecule has 3 N–H and O–H groups in total. The maximum absolute atomic E-state index is 13.6. The predicted molar refractivity (Wildman–Crippen MR) is 148 cm³/mol. The van der Waals surface area contributed by atoms with Crippen LogP contribution < -0.4 is 0 Å². The Bertz CT molecular complexity index is 1330. The van der Waals surface area contributed by atoms with Crippen molar-refractivity contribution in [2.24, 2.45) is 17.8 Å². The summed E-state index contributed by atoms with van der Waals surface area (Å²) < 4.78 is 32.3. The fraction of sp³-hybridized carbons (Fsp3) is 0.625. The Balaban J connectivity index is 1.57. The summed E-state index contributed by atoms with van der Waals surface area (Å²) in [5.74, 6) is -5.65. The largest absolute Gasteiger partial charge is 0.459 e. The highest BCUT2D eigenvalue weighted by Gasteiger charge is 2.90. The molecule has 0 radical (unpaired) electrons. The fourth-order valence-electron chi connectivity index (χ4n) is 8.45. The molecule has 0 spiro atoms. The van der Waals surface area contributed by atoms with Gasteiger partial charge in [0.05, 0.1) is 12.2 Å². The van der Waals surface area contributed by atoms with Gasteiger partial charge < -0.3 is 39.0 Å². The van der Waals surface area contributed by atoms with Crippen LogP contribution in [0.1, 0.15) is 47.5 Å². The summed E-state index contributed by atoms with van der Waals surface area (Å²) in [6.07, 6.45) is 10.0. The van der Waals surface area contributed by atoms with E-state index in [1.807, 2.05) is 19.1 Å². The first-order valence-corrected chi connectivity index (χ1v) is 14.7. The van der Waals surface area contributed by atoms with Gasteiger partial charge >= 0.3 is 11.9 Å². The zero-order valence-corrected chi connectivity index (χ0v) is 24.6. The minimum Gasteiger partial charge on any atom is -0.459 e. The molecule has 5 fully saturated rings. The summed E-state index contributed by atoms with van der Waals surface area (Å²) in [7, 11) is 0. The lowest BCUT2D eigenvalue weighted by molar-refractivity contribution is -0.407. The predicted octanol–water partition coefficient (Wildman–Crippen LogP) is 2.19. The molecule has 3 saturated heterocycles. The molecule has 6 aliphatic rings. The molecule has 6 rings (SSSR count). The number of allylic oxidation sites excluding steroid dienone is 5. The smallest absolute Gasteiger partial charge is 0.307 e. The van der Waals surface area contributed by atoms with Crippen LogP contribution >= 0.6 is 0 Å². The van der Waals surface area contributed by atoms with Gasteiger partial charge in [-0.25, -0.2) is 0 Å². The van der Waals surface area contributed by atoms with Crippen LogP contribution in [0.15, 0.2) is 60.3 Å². The lowest BCUT2D eigenvalue weighted by Gasteiger charge is -2.61. The number of Topliss-reactive ketones (excluding diaryl/α,β-unsaturated/α-hetero) is 1. The molecule has 10 nitrogen and oxygen atoms in total. The number of esters is 1. The van der Waals surface area contributed by atoms with E-state index in [1.54, 1.807) is 38.2 Å². The third kappa shape index (κ3) is 3.45. The number of carbonyl (C=O) groups is 2. The van der Waals surface area contributed by atoms with E-state index >= 15 is 0 Å². The van der Waals surface area contributed by atoms with Gasteiger partial charge in [-0.1, -0.05) is 63.3 Å². The molecule has 12 atom stereocenters. The minimum absolute atomic E-state index is 0.240. The van der Waals surface area contributed by atoms with E-state index in [2.05, 4.69) is 19.6 Å². The Morgan fingerprint density at radius 3 is 2.50 bits per heavy atom. The van der Waals surface area contributed by atoms with Gasteiger partial charge in [-0.05, 0) is 31.4 Å². The topological polar surface area (TPSA) is 144 Å². The normalized spacial score (nSPS) is 50.1. The molecule has 1 unspecified atom stereocenters. The van der Waals surface area contributed by atoms with E-state index in [-0.39, 0.29) is 5.57 Å². The van der Waals surface area contributed by atoms with E-state index in [4.69, 9.17) is 23.7 Å². The average Bonchev–Trinajstić information content (AvgIpc) is 3.57. The van der Waals surface area contributed by atoms with Gasteiger partial charge in [-0.2, -0.15) is 0 Å². The van der Waals surface area contributed by atoms with Crippen LogP contribution in [0.2, 0.25) is 0 Å². The second kappa shape index (κ2) is 9.53. The molecule has 0 aromatic carbocycles. The van der Waals surface area contributed by atoms with Crippen molar-refractivity contribution in [2.75, 3.05) is 6.61 Å². The van der Waals surface area contributed by atoms with Crippen LogP contribution in [0, 0.1) is 17.8 Å². The quantitative estimate of drug-likeness (QED) is 0.168. The zero-order valence-electron chi connectivity index (χ0n) is 24.6. The van der Waals surface area contributed by atoms with Gasteiger partial charge in [0, 0.05) is 30.8 Å². The number of epoxide rings is 1. The van der Waals surface area contributed by atoms with Crippen LogP contribution in [-0.4, -0.2) is 86.5 Å². The molecule has 0 amide bonds. The summed E-state index contributed by atoms with van der Waals surface area (Å²) >= 11 is 0. The number of carbonyl (C=O) groups excluding carboxylic acids is 2. The second-order valence-electron chi connectivity index (χ2n) is 12.6. The molecule has 0 aromatic rings. The maximum atomic E-state index is 13.6. The Kier molecular flexibility index (Phi) is 6.72. The van der Waals surface area contributed by atoms with Gasteiger partial charge in [0.1, 0.15) is 30.0 Å². The van der Waals surface area contributed by atoms with Gasteiger partial charge in [0.2, 0.25) is 0 Å². The van der Waals surface area contributed by atoms with Crippen molar-refractivity contribution in [3.63, 3.8) is 0 Å². The van der Waals surface area contributed by atoms with Crippen molar-refractivity contribution >= 4 is 11.8 Å². The first kappa shape index (κ1) is 29.6. The molecule has 42 heavy (non-hydrogen) atoms. The van der Waals surface area contributed by atoms with Crippen LogP contribution in [0.3, 0.4) is 0 Å². The number of fused-ring (bicyclic) bond motifs is 3. The van der Waals surface area contributed by atoms with E-state index in [1.165, 1.54) is 6.92 Å². The van der Waals surface area contributed by atoms with Gasteiger partial charge in [-0.3, -0.25) is 9.59 Å². The van der Waals surface area contributed by atoms with Gasteiger partial charge in [0.25, 0.3) is 0 Å². The Labute approximate surface area is 245 Å². The number of ketones is 1. The summed E-state index contributed by atoms with van der Waals surface area (Å²) in [4.78, 5) is 26.2. The van der Waals surface area contributed by atoms with Crippen molar-refractivity contribution < 1.29 is 48.6 Å². The lowest BCUT2D eigenvalue weighted by Crippen LogP contribution is -2.76. The van der Waals surface area contributed by atoms with E-state index in [0.29, 0.717) is 5.57 Å². The Morgan fingerprint density at radius 1 is 1.14 bits per heavy atom. The van der Waals surface area contributed by atoms with Crippen molar-refractivity contribution in [2.45, 2.75) is 100 Å². The monoisotopic (exact) mass is 584 g/mol. The third-order valence-electron chi connectivity index (χ3n) is 10.3. The molecule has 3 aliphatic heterocycles. The van der Waals surface area contributed by atoms with Crippen LogP contribution in [0.25, 0.3) is 0 Å². The van der Waals surface area contributed by atoms with E-state index < -0.39 is 88.9 Å². The molecular formula is C32H40O10. The number of rotatable bonds is 8. The summed E-state index contributed by atoms with van der Waals surface area (Å²) in [5, 5.41) is 34.4. The third-order valence-corrected chi connectivity index (χ3v) is 10.3. The number of ether oxygens (including phenoxy) is 5. The first-order valence-electron chi connectivity index (χ1n) is 14.7. The maximum Gasteiger partial charge on any atom is 0.307 e. The Hall–Kier alpha value is -2.44. The summed E-state index contributed by atoms with van der Waals surface area (Å²) in [5.41, 5.74) is -6.19. The molecule has 3 bridgehead atoms. The summed E-state index contributed by atoms with van der Waals surface area (Å²) in [6, 6.07) is 0. The molecular weight excluding hydrogens is 544 g/mol. The Morgan fingerprint density at radius 2 is 1.86 bits per heavy atom. The standard InChI is InChI=1S/C32H40O10/c1-7-8-9-10-11-12-13-14-29-40-26-22-25-28(16-33,39-25)27(36)30(37)21(15-18(4)23(30)35)32(22,42-29)19(5)24(38-20(6)34)31(26,41-29)17(2)3/h9-15,19,21-22,24-27,33,36-37H,2,7-8,16H2,1,3-6H3/b10-9+,12-11+,14-13+/t19-,21-,22+,24-,25+,26-,27-,28+,29?,30-,31+,32+/m1/s1. The number of aliphatic hydroxyl groups excluding tert-OH is 2. The molecule has 3 heterocycles. The van der Waals surface area contributed by atoms with Crippen molar-refractivity contribution in [1.29, 1.82) is 0 Å². The number of aliphatic hydroxyl groups is 3. The molecule has 0 aromatic heterocycles. The van der Waals surface area contributed by atoms with Crippen molar-refractivity contribution in [3.05, 3.63) is 60.3 Å². The lowest BCUT2D eigenvalue weighted by atomic mass is 9.53. The average molecular weight is 585 g/mol. The highest BCUT2D eigenvalue weighted by molar-refractivity contribution is 6.05. The number of hydrogen-bond acceptors (Lipinski definition) is 10. The molecule has 2 saturated carbocycles. The first-order chi connectivity index (χ1) is 19.8. The van der Waals surface area contributed by atoms with Gasteiger partial charge in [-0.15, -0.1) is 0 Å². The SMILES string of the molecule is C=C(C)[C@@]12OC3(/C=C/C=C/C=C/CCC)O[C@@H]1[C@@H]1[C@@H]4O[C@]4(CO)[C@@H](O)[C@]4(O)C(=O)C(C)=C[C@H]4[C@@]1(O3)[C@H](C)[C@H]2OC(C)=O. The van der Waals surface area contributed by atoms with Crippen LogP contribution in [0.5, 0.6) is 0 Å². The van der Waals surface area contributed by atoms with Crippen LogP contribution in [-0.2, 0) is 33.3 Å². The number of unbranched alkanes of at least 4 members (excludes halogenated alkanes) is 1. The zero-order chi connectivity index (χ0) is 30.5. The molecule has 3 aliphatic carbocycles. The summed E-state index contributed by atoms with van der Waals surface area (Å²) in [6.45, 7) is 12.1. The number of hydrogen-bond donors (Lipinski definition) is 3. The fourth-order valence-corrected chi connectivity index (χ4v) is 8.45. The van der Waals surface area contributed by atoms with Gasteiger partial charge in [0.15, 0.2) is 17.0 Å². The second-order valence-corrected chi connectivity index (χ2v) is 12.6. The highest BCUT2D eigenvalue weighted by atomic mass is 16.9.